The molecule has 2 fully saturated rings. The lowest BCUT2D eigenvalue weighted by Gasteiger charge is -2.37. The van der Waals surface area contributed by atoms with Gasteiger partial charge in [0.25, 0.3) is 5.91 Å². The normalized spacial score (nSPS) is 33.2. The predicted octanol–water partition coefficient (Wildman–Crippen LogP) is 3.74. The van der Waals surface area contributed by atoms with Crippen molar-refractivity contribution >= 4 is 5.91 Å². The number of amides is 1. The summed E-state index contributed by atoms with van der Waals surface area (Å²) in [5.74, 6) is 1.74. The number of allylic oxidation sites excluding steroid dienone is 1. The van der Waals surface area contributed by atoms with Gasteiger partial charge in [-0.15, -0.1) is 0 Å². The van der Waals surface area contributed by atoms with Gasteiger partial charge in [0.2, 0.25) is 6.29 Å². The second kappa shape index (κ2) is 9.31. The highest BCUT2D eigenvalue weighted by Gasteiger charge is 2.42. The molecule has 2 N–H and O–H groups in total. The number of hydrogen-bond acceptors (Lipinski definition) is 4. The molecule has 2 bridgehead atoms. The summed E-state index contributed by atoms with van der Waals surface area (Å²) in [6.45, 7) is 2.60. The SMILES string of the molecule is CCO[C@@H]1OC(C(=O)NC2CC3CCC2C3)=C[C@H](c2ccccc2)[C@@H]1CCCO. The number of ether oxygens (including phenoxy) is 2. The fourth-order valence-corrected chi connectivity index (χ4v) is 5.48. The fourth-order valence-electron chi connectivity index (χ4n) is 5.48. The monoisotopic (exact) mass is 399 g/mol. The predicted molar refractivity (Wildman–Crippen MR) is 111 cm³/mol. The van der Waals surface area contributed by atoms with Crippen LogP contribution in [0.25, 0.3) is 0 Å². The third-order valence-electron chi connectivity index (χ3n) is 6.87. The van der Waals surface area contributed by atoms with E-state index in [1.165, 1.54) is 19.3 Å². The van der Waals surface area contributed by atoms with Crippen LogP contribution in [0.3, 0.4) is 0 Å². The standard InChI is InChI=1S/C24H33NO4/c1-2-28-24-19(9-6-12-26)20(17-7-4-3-5-8-17)15-22(29-24)23(27)25-21-14-16-10-11-18(21)13-16/h3-5,7-8,15-16,18-21,24,26H,2,6,9-14H2,1H3,(H,25,27)/t16?,18?,19-,20+,21?,24+/m0/s1. The zero-order valence-corrected chi connectivity index (χ0v) is 17.3. The molecular formula is C24H33NO4. The molecule has 2 aliphatic carbocycles. The first-order valence-corrected chi connectivity index (χ1v) is 11.2. The Morgan fingerprint density at radius 2 is 2.07 bits per heavy atom. The molecule has 3 unspecified atom stereocenters. The maximum absolute atomic E-state index is 13.1. The molecule has 1 aromatic carbocycles. The molecule has 6 atom stereocenters. The van der Waals surface area contributed by atoms with E-state index in [4.69, 9.17) is 9.47 Å². The van der Waals surface area contributed by atoms with E-state index in [9.17, 15) is 9.90 Å². The van der Waals surface area contributed by atoms with Gasteiger partial charge in [0.15, 0.2) is 5.76 Å². The van der Waals surface area contributed by atoms with Gasteiger partial charge in [0.1, 0.15) is 0 Å². The molecule has 158 valence electrons. The van der Waals surface area contributed by atoms with Crippen molar-refractivity contribution in [2.24, 2.45) is 17.8 Å². The van der Waals surface area contributed by atoms with E-state index in [0.717, 1.165) is 24.3 Å². The molecule has 3 aliphatic rings. The van der Waals surface area contributed by atoms with Gasteiger partial charge < -0.3 is 19.9 Å². The van der Waals surface area contributed by atoms with E-state index in [-0.39, 0.29) is 30.4 Å². The van der Waals surface area contributed by atoms with Gasteiger partial charge in [0, 0.05) is 31.1 Å². The average Bonchev–Trinajstić information content (AvgIpc) is 3.36. The summed E-state index contributed by atoms with van der Waals surface area (Å²) in [6.07, 6.45) is 7.83. The molecule has 5 nitrogen and oxygen atoms in total. The number of carbonyl (C=O) groups excluding carboxylic acids is 1. The van der Waals surface area contributed by atoms with Crippen LogP contribution >= 0.6 is 0 Å². The number of rotatable bonds is 8. The minimum Gasteiger partial charge on any atom is -0.459 e. The molecule has 1 heterocycles. The fraction of sp³-hybridized carbons (Fsp3) is 0.625. The van der Waals surface area contributed by atoms with Gasteiger partial charge in [-0.1, -0.05) is 36.8 Å². The van der Waals surface area contributed by atoms with E-state index in [0.29, 0.717) is 24.7 Å². The lowest BCUT2D eigenvalue weighted by Crippen LogP contribution is -2.43. The molecule has 1 aromatic rings. The van der Waals surface area contributed by atoms with Crippen LogP contribution in [0.2, 0.25) is 0 Å². The Bertz CT molecular complexity index is 719. The molecule has 4 rings (SSSR count). The quantitative estimate of drug-likeness (QED) is 0.699. The zero-order chi connectivity index (χ0) is 20.2. The van der Waals surface area contributed by atoms with Gasteiger partial charge in [-0.25, -0.2) is 0 Å². The Kier molecular flexibility index (Phi) is 6.56. The highest BCUT2D eigenvalue weighted by Crippen LogP contribution is 2.45. The van der Waals surface area contributed by atoms with Crippen molar-refractivity contribution in [3.8, 4) is 0 Å². The van der Waals surface area contributed by atoms with E-state index in [2.05, 4.69) is 17.4 Å². The van der Waals surface area contributed by atoms with Gasteiger partial charge in [0.05, 0.1) is 0 Å². The summed E-state index contributed by atoms with van der Waals surface area (Å²) in [6, 6.07) is 10.5. The Labute approximate surface area is 173 Å². The number of hydrogen-bond donors (Lipinski definition) is 2. The zero-order valence-electron chi connectivity index (χ0n) is 17.3. The third kappa shape index (κ3) is 4.51. The molecule has 29 heavy (non-hydrogen) atoms. The van der Waals surface area contributed by atoms with Crippen molar-refractivity contribution in [3.05, 3.63) is 47.7 Å². The molecule has 0 aromatic heterocycles. The number of fused-ring (bicyclic) bond motifs is 2. The number of carbonyl (C=O) groups is 1. The first-order valence-electron chi connectivity index (χ1n) is 11.2. The second-order valence-corrected chi connectivity index (χ2v) is 8.69. The molecule has 2 saturated carbocycles. The largest absolute Gasteiger partial charge is 0.459 e. The van der Waals surface area contributed by atoms with Gasteiger partial charge in [-0.05, 0) is 62.5 Å². The molecule has 5 heteroatoms. The third-order valence-corrected chi connectivity index (χ3v) is 6.87. The van der Waals surface area contributed by atoms with Gasteiger partial charge >= 0.3 is 0 Å². The minimum absolute atomic E-state index is 0.0221. The Morgan fingerprint density at radius 1 is 1.24 bits per heavy atom. The highest BCUT2D eigenvalue weighted by atomic mass is 16.7. The lowest BCUT2D eigenvalue weighted by atomic mass is 9.80. The molecule has 0 spiro atoms. The van der Waals surface area contributed by atoms with Crippen LogP contribution in [-0.4, -0.2) is 36.6 Å². The number of aliphatic hydroxyl groups excluding tert-OH is 1. The molecule has 1 amide bonds. The van der Waals surface area contributed by atoms with Crippen LogP contribution in [0.4, 0.5) is 0 Å². The number of nitrogens with one attached hydrogen (secondary N) is 1. The van der Waals surface area contributed by atoms with Crippen LogP contribution < -0.4 is 5.32 Å². The van der Waals surface area contributed by atoms with Crippen LogP contribution in [0, 0.1) is 17.8 Å². The molecule has 1 aliphatic heterocycles. The topological polar surface area (TPSA) is 67.8 Å². The molecule has 0 saturated heterocycles. The maximum Gasteiger partial charge on any atom is 0.286 e. The first kappa shape index (κ1) is 20.4. The summed E-state index contributed by atoms with van der Waals surface area (Å²) >= 11 is 0. The van der Waals surface area contributed by atoms with Gasteiger partial charge in [-0.3, -0.25) is 4.79 Å². The number of aliphatic hydroxyl groups is 1. The Balaban J connectivity index is 1.56. The summed E-state index contributed by atoms with van der Waals surface area (Å²) in [4.78, 5) is 13.1. The van der Waals surface area contributed by atoms with Crippen LogP contribution in [0.1, 0.15) is 56.9 Å². The van der Waals surface area contributed by atoms with Crippen molar-refractivity contribution in [2.45, 2.75) is 63.7 Å². The van der Waals surface area contributed by atoms with E-state index < -0.39 is 6.29 Å². The molecular weight excluding hydrogens is 366 g/mol. The average molecular weight is 400 g/mol. The van der Waals surface area contributed by atoms with Crippen molar-refractivity contribution in [1.82, 2.24) is 5.32 Å². The lowest BCUT2D eigenvalue weighted by molar-refractivity contribution is -0.167. The summed E-state index contributed by atoms with van der Waals surface area (Å²) < 4.78 is 12.0. The Morgan fingerprint density at radius 3 is 2.72 bits per heavy atom. The number of benzene rings is 1. The minimum atomic E-state index is -0.484. The van der Waals surface area contributed by atoms with Crippen LogP contribution in [0.5, 0.6) is 0 Å². The maximum atomic E-state index is 13.1. The van der Waals surface area contributed by atoms with E-state index >= 15 is 0 Å². The highest BCUT2D eigenvalue weighted by molar-refractivity contribution is 5.92. The van der Waals surface area contributed by atoms with E-state index in [1.54, 1.807) is 0 Å². The van der Waals surface area contributed by atoms with Gasteiger partial charge in [-0.2, -0.15) is 0 Å². The smallest absolute Gasteiger partial charge is 0.286 e. The van der Waals surface area contributed by atoms with Crippen molar-refractivity contribution in [3.63, 3.8) is 0 Å². The summed E-state index contributed by atoms with van der Waals surface area (Å²) in [5.41, 5.74) is 1.15. The first-order chi connectivity index (χ1) is 14.2. The van der Waals surface area contributed by atoms with Crippen molar-refractivity contribution in [2.75, 3.05) is 13.2 Å². The molecule has 0 radical (unpaired) electrons. The summed E-state index contributed by atoms with van der Waals surface area (Å²) in [5, 5.41) is 12.6. The van der Waals surface area contributed by atoms with Crippen LogP contribution in [-0.2, 0) is 14.3 Å². The van der Waals surface area contributed by atoms with E-state index in [1.807, 2.05) is 31.2 Å². The van der Waals surface area contributed by atoms with Crippen molar-refractivity contribution < 1.29 is 19.4 Å². The summed E-state index contributed by atoms with van der Waals surface area (Å²) in [7, 11) is 0. The second-order valence-electron chi connectivity index (χ2n) is 8.69. The Hall–Kier alpha value is -1.85. The van der Waals surface area contributed by atoms with Crippen LogP contribution in [0.15, 0.2) is 42.2 Å². The van der Waals surface area contributed by atoms with Crippen molar-refractivity contribution in [1.29, 1.82) is 0 Å².